The summed E-state index contributed by atoms with van der Waals surface area (Å²) in [5.41, 5.74) is -0.205. The molecule has 2 N–H and O–H groups in total. The van der Waals surface area contributed by atoms with Gasteiger partial charge >= 0.3 is 0 Å². The van der Waals surface area contributed by atoms with E-state index in [2.05, 4.69) is 5.32 Å². The zero-order valence-corrected chi connectivity index (χ0v) is 10.3. The van der Waals surface area contributed by atoms with Crippen LogP contribution < -0.4 is 5.32 Å². The smallest absolute Gasteiger partial charge is 0.131 e. The summed E-state index contributed by atoms with van der Waals surface area (Å²) >= 11 is 0. The fourth-order valence-corrected chi connectivity index (χ4v) is 2.52. The van der Waals surface area contributed by atoms with Crippen molar-refractivity contribution in [1.82, 2.24) is 5.32 Å². The van der Waals surface area contributed by atoms with E-state index in [4.69, 9.17) is 0 Å². The fourth-order valence-electron chi connectivity index (χ4n) is 2.52. The van der Waals surface area contributed by atoms with E-state index in [1.54, 1.807) is 0 Å². The van der Waals surface area contributed by atoms with E-state index >= 15 is 0 Å². The third-order valence-corrected chi connectivity index (χ3v) is 3.50. The highest BCUT2D eigenvalue weighted by Gasteiger charge is 2.22. The topological polar surface area (TPSA) is 32.3 Å². The molecule has 0 aromatic heterocycles. The maximum atomic E-state index is 13.5. The molecule has 1 saturated heterocycles. The quantitative estimate of drug-likeness (QED) is 0.870. The third-order valence-electron chi connectivity index (χ3n) is 3.50. The van der Waals surface area contributed by atoms with Crippen LogP contribution >= 0.6 is 0 Å². The standard InChI is InChI=1S/C14H19F2NO/c15-11-6-4-7-12(16)14(11)13(18)9-10-5-2-1-3-8-17-10/h4,6-7,10,13,17-18H,1-3,5,8-9H2. The molecular formula is C14H19F2NO. The molecule has 100 valence electrons. The first-order valence-electron chi connectivity index (χ1n) is 6.54. The van der Waals surface area contributed by atoms with Gasteiger partial charge in [0, 0.05) is 6.04 Å². The predicted octanol–water partition coefficient (Wildman–Crippen LogP) is 2.92. The van der Waals surface area contributed by atoms with Gasteiger partial charge in [0.25, 0.3) is 0 Å². The Morgan fingerprint density at radius 3 is 2.67 bits per heavy atom. The molecule has 1 fully saturated rings. The summed E-state index contributed by atoms with van der Waals surface area (Å²) in [7, 11) is 0. The van der Waals surface area contributed by atoms with Crippen LogP contribution in [0.1, 0.15) is 43.8 Å². The molecule has 2 nitrogen and oxygen atoms in total. The molecule has 18 heavy (non-hydrogen) atoms. The highest BCUT2D eigenvalue weighted by atomic mass is 19.1. The highest BCUT2D eigenvalue weighted by Crippen LogP contribution is 2.26. The van der Waals surface area contributed by atoms with Crippen LogP contribution in [-0.2, 0) is 0 Å². The normalized spacial score (nSPS) is 22.5. The van der Waals surface area contributed by atoms with Crippen LogP contribution in [0, 0.1) is 11.6 Å². The average Bonchev–Trinajstić information content (AvgIpc) is 2.57. The van der Waals surface area contributed by atoms with Crippen LogP contribution in [0.2, 0.25) is 0 Å². The predicted molar refractivity (Wildman–Crippen MR) is 66.2 cm³/mol. The number of nitrogens with one attached hydrogen (secondary N) is 1. The summed E-state index contributed by atoms with van der Waals surface area (Å²) in [6.45, 7) is 0.914. The average molecular weight is 255 g/mol. The van der Waals surface area contributed by atoms with Gasteiger partial charge in [-0.3, -0.25) is 0 Å². The minimum Gasteiger partial charge on any atom is -0.388 e. The van der Waals surface area contributed by atoms with Gasteiger partial charge in [0.2, 0.25) is 0 Å². The van der Waals surface area contributed by atoms with Gasteiger partial charge in [0.1, 0.15) is 11.6 Å². The molecule has 0 amide bonds. The van der Waals surface area contributed by atoms with Crippen molar-refractivity contribution < 1.29 is 13.9 Å². The molecule has 0 bridgehead atoms. The number of hydrogen-bond donors (Lipinski definition) is 2. The molecule has 0 radical (unpaired) electrons. The fraction of sp³-hybridized carbons (Fsp3) is 0.571. The van der Waals surface area contributed by atoms with Crippen LogP contribution in [-0.4, -0.2) is 17.7 Å². The van der Waals surface area contributed by atoms with Crippen LogP contribution in [0.15, 0.2) is 18.2 Å². The lowest BCUT2D eigenvalue weighted by Crippen LogP contribution is -2.30. The van der Waals surface area contributed by atoms with Crippen molar-refractivity contribution in [2.75, 3.05) is 6.54 Å². The largest absolute Gasteiger partial charge is 0.388 e. The molecule has 0 spiro atoms. The number of halogens is 2. The van der Waals surface area contributed by atoms with Crippen molar-refractivity contribution in [2.24, 2.45) is 0 Å². The SMILES string of the molecule is OC(CC1CCCCCN1)c1c(F)cccc1F. The molecule has 0 saturated carbocycles. The van der Waals surface area contributed by atoms with Gasteiger partial charge in [-0.1, -0.05) is 18.9 Å². The Morgan fingerprint density at radius 1 is 1.22 bits per heavy atom. The number of hydrogen-bond acceptors (Lipinski definition) is 2. The zero-order valence-electron chi connectivity index (χ0n) is 10.3. The van der Waals surface area contributed by atoms with Crippen molar-refractivity contribution in [1.29, 1.82) is 0 Å². The summed E-state index contributed by atoms with van der Waals surface area (Å²) in [6.07, 6.45) is 3.63. The molecular weight excluding hydrogens is 236 g/mol. The van der Waals surface area contributed by atoms with Gasteiger partial charge in [-0.2, -0.15) is 0 Å². The Kier molecular flexibility index (Phi) is 4.66. The van der Waals surface area contributed by atoms with E-state index in [1.165, 1.54) is 24.6 Å². The Labute approximate surface area is 106 Å². The van der Waals surface area contributed by atoms with Gasteiger partial charge in [0.05, 0.1) is 11.7 Å². The van der Waals surface area contributed by atoms with E-state index in [-0.39, 0.29) is 11.6 Å². The lowest BCUT2D eigenvalue weighted by molar-refractivity contribution is 0.141. The first-order chi connectivity index (χ1) is 8.68. The molecule has 2 atom stereocenters. The minimum absolute atomic E-state index is 0.140. The Morgan fingerprint density at radius 2 is 1.94 bits per heavy atom. The molecule has 0 aliphatic carbocycles. The molecule has 2 rings (SSSR count). The highest BCUT2D eigenvalue weighted by molar-refractivity contribution is 5.22. The van der Waals surface area contributed by atoms with E-state index in [9.17, 15) is 13.9 Å². The van der Waals surface area contributed by atoms with E-state index in [0.29, 0.717) is 6.42 Å². The summed E-state index contributed by atoms with van der Waals surface area (Å²) in [4.78, 5) is 0. The van der Waals surface area contributed by atoms with E-state index in [1.807, 2.05) is 0 Å². The van der Waals surface area contributed by atoms with Crippen LogP contribution in [0.5, 0.6) is 0 Å². The van der Waals surface area contributed by atoms with E-state index < -0.39 is 17.7 Å². The minimum atomic E-state index is -1.08. The van der Waals surface area contributed by atoms with Crippen molar-refractivity contribution in [2.45, 2.75) is 44.2 Å². The second kappa shape index (κ2) is 6.25. The van der Waals surface area contributed by atoms with Crippen LogP contribution in [0.4, 0.5) is 8.78 Å². The molecule has 4 heteroatoms. The van der Waals surface area contributed by atoms with Gasteiger partial charge in [-0.25, -0.2) is 8.78 Å². The molecule has 2 unspecified atom stereocenters. The third kappa shape index (κ3) is 3.27. The molecule has 1 heterocycles. The first-order valence-corrected chi connectivity index (χ1v) is 6.54. The maximum Gasteiger partial charge on any atom is 0.131 e. The van der Waals surface area contributed by atoms with Gasteiger partial charge in [-0.15, -0.1) is 0 Å². The summed E-state index contributed by atoms with van der Waals surface area (Å²) < 4.78 is 27.0. The Bertz CT molecular complexity index is 369. The van der Waals surface area contributed by atoms with Gasteiger partial charge < -0.3 is 10.4 Å². The monoisotopic (exact) mass is 255 g/mol. The van der Waals surface area contributed by atoms with Gasteiger partial charge in [-0.05, 0) is 37.9 Å². The Hall–Kier alpha value is -1.00. The second-order valence-corrected chi connectivity index (χ2v) is 4.89. The first kappa shape index (κ1) is 13.4. The van der Waals surface area contributed by atoms with Crippen molar-refractivity contribution >= 4 is 0 Å². The molecule has 1 aromatic rings. The zero-order chi connectivity index (χ0) is 13.0. The lowest BCUT2D eigenvalue weighted by Gasteiger charge is -2.20. The van der Waals surface area contributed by atoms with Gasteiger partial charge in [0.15, 0.2) is 0 Å². The second-order valence-electron chi connectivity index (χ2n) is 4.89. The number of rotatable bonds is 3. The summed E-state index contributed by atoms with van der Waals surface area (Å²) in [6, 6.07) is 3.82. The number of aliphatic hydroxyl groups excluding tert-OH is 1. The van der Waals surface area contributed by atoms with Crippen molar-refractivity contribution in [3.63, 3.8) is 0 Å². The van der Waals surface area contributed by atoms with Crippen LogP contribution in [0.3, 0.4) is 0 Å². The lowest BCUT2D eigenvalue weighted by atomic mass is 9.98. The molecule has 1 aliphatic heterocycles. The molecule has 1 aromatic carbocycles. The van der Waals surface area contributed by atoms with Crippen LogP contribution in [0.25, 0.3) is 0 Å². The molecule has 1 aliphatic rings. The van der Waals surface area contributed by atoms with Crippen molar-refractivity contribution in [3.8, 4) is 0 Å². The van der Waals surface area contributed by atoms with Crippen molar-refractivity contribution in [3.05, 3.63) is 35.4 Å². The summed E-state index contributed by atoms with van der Waals surface area (Å²) in [5, 5.41) is 13.3. The maximum absolute atomic E-state index is 13.5. The summed E-state index contributed by atoms with van der Waals surface area (Å²) in [5.74, 6) is -1.34. The van der Waals surface area contributed by atoms with E-state index in [0.717, 1.165) is 25.8 Å². The number of benzene rings is 1. The Balaban J connectivity index is 2.04. The number of aliphatic hydroxyl groups is 1.